The SMILES string of the molecule is NC1Cc2ccccc2N(C(=O)c2cc(Br)ccc2Cl)C1. The fourth-order valence-corrected chi connectivity index (χ4v) is 3.19. The summed E-state index contributed by atoms with van der Waals surface area (Å²) < 4.78 is 0.824. The fraction of sp³-hybridized carbons (Fsp3) is 0.188. The van der Waals surface area contributed by atoms with Gasteiger partial charge in [0, 0.05) is 22.7 Å². The minimum atomic E-state index is -0.121. The summed E-state index contributed by atoms with van der Waals surface area (Å²) in [5, 5.41) is 0.444. The molecule has 1 aliphatic heterocycles. The zero-order chi connectivity index (χ0) is 15.0. The van der Waals surface area contributed by atoms with Crippen molar-refractivity contribution in [3.8, 4) is 0 Å². The number of carbonyl (C=O) groups is 1. The Morgan fingerprint density at radius 3 is 2.86 bits per heavy atom. The van der Waals surface area contributed by atoms with Crippen molar-refractivity contribution in [3.05, 3.63) is 63.1 Å². The van der Waals surface area contributed by atoms with Crippen molar-refractivity contribution in [2.75, 3.05) is 11.4 Å². The molecular formula is C16H14BrClN2O. The average molecular weight is 366 g/mol. The Labute approximate surface area is 136 Å². The van der Waals surface area contributed by atoms with Crippen LogP contribution in [-0.4, -0.2) is 18.5 Å². The van der Waals surface area contributed by atoms with E-state index in [1.54, 1.807) is 17.0 Å². The first-order chi connectivity index (χ1) is 10.1. The topological polar surface area (TPSA) is 46.3 Å². The van der Waals surface area contributed by atoms with Crippen LogP contribution in [0.1, 0.15) is 15.9 Å². The number of fused-ring (bicyclic) bond motifs is 1. The summed E-state index contributed by atoms with van der Waals surface area (Å²) in [6, 6.07) is 13.1. The van der Waals surface area contributed by atoms with Gasteiger partial charge in [-0.2, -0.15) is 0 Å². The number of hydrogen-bond acceptors (Lipinski definition) is 2. The third-order valence-corrected chi connectivity index (χ3v) is 4.41. The first-order valence-corrected chi connectivity index (χ1v) is 7.84. The summed E-state index contributed by atoms with van der Waals surface area (Å²) in [7, 11) is 0. The summed E-state index contributed by atoms with van der Waals surface area (Å²) in [5.41, 5.74) is 8.58. The molecule has 3 nitrogen and oxygen atoms in total. The molecule has 0 saturated heterocycles. The van der Waals surface area contributed by atoms with Crippen LogP contribution in [0.4, 0.5) is 5.69 Å². The molecule has 0 radical (unpaired) electrons. The predicted octanol–water partition coefficient (Wildman–Crippen LogP) is 3.63. The minimum absolute atomic E-state index is 0.0604. The highest BCUT2D eigenvalue weighted by Gasteiger charge is 2.28. The molecule has 1 aliphatic rings. The van der Waals surface area contributed by atoms with E-state index >= 15 is 0 Å². The van der Waals surface area contributed by atoms with Crippen molar-refractivity contribution in [3.63, 3.8) is 0 Å². The highest BCUT2D eigenvalue weighted by Crippen LogP contribution is 2.30. The maximum absolute atomic E-state index is 12.8. The van der Waals surface area contributed by atoms with Gasteiger partial charge in [0.05, 0.1) is 10.6 Å². The van der Waals surface area contributed by atoms with E-state index < -0.39 is 0 Å². The first-order valence-electron chi connectivity index (χ1n) is 6.66. The maximum Gasteiger partial charge on any atom is 0.259 e. The van der Waals surface area contributed by atoms with Crippen LogP contribution in [-0.2, 0) is 6.42 Å². The summed E-state index contributed by atoms with van der Waals surface area (Å²) in [6.45, 7) is 0.499. The zero-order valence-electron chi connectivity index (χ0n) is 11.2. The molecule has 5 heteroatoms. The van der Waals surface area contributed by atoms with Gasteiger partial charge in [0.2, 0.25) is 0 Å². The number of hydrogen-bond donors (Lipinski definition) is 1. The van der Waals surface area contributed by atoms with E-state index in [0.29, 0.717) is 17.1 Å². The van der Waals surface area contributed by atoms with Crippen molar-refractivity contribution in [1.29, 1.82) is 0 Å². The van der Waals surface area contributed by atoms with E-state index in [9.17, 15) is 4.79 Å². The molecule has 0 aromatic heterocycles. The van der Waals surface area contributed by atoms with E-state index in [2.05, 4.69) is 15.9 Å². The molecule has 1 amide bonds. The lowest BCUT2D eigenvalue weighted by Gasteiger charge is -2.33. The van der Waals surface area contributed by atoms with Crippen LogP contribution in [0, 0.1) is 0 Å². The number of halogens is 2. The molecule has 21 heavy (non-hydrogen) atoms. The van der Waals surface area contributed by atoms with Gasteiger partial charge in [0.1, 0.15) is 0 Å². The van der Waals surface area contributed by atoms with Crippen LogP contribution in [0.25, 0.3) is 0 Å². The van der Waals surface area contributed by atoms with Crippen LogP contribution in [0.2, 0.25) is 5.02 Å². The number of nitrogens with zero attached hydrogens (tertiary/aromatic N) is 1. The smallest absolute Gasteiger partial charge is 0.259 e. The molecule has 2 aromatic carbocycles. The van der Waals surface area contributed by atoms with Crippen LogP contribution >= 0.6 is 27.5 Å². The lowest BCUT2D eigenvalue weighted by molar-refractivity contribution is 0.0983. The van der Waals surface area contributed by atoms with Crippen molar-refractivity contribution >= 4 is 39.1 Å². The lowest BCUT2D eigenvalue weighted by Crippen LogP contribution is -2.46. The van der Waals surface area contributed by atoms with Crippen molar-refractivity contribution < 1.29 is 4.79 Å². The molecule has 3 rings (SSSR count). The Kier molecular flexibility index (Phi) is 4.02. The third-order valence-electron chi connectivity index (χ3n) is 3.59. The van der Waals surface area contributed by atoms with Crippen LogP contribution in [0.5, 0.6) is 0 Å². The predicted molar refractivity (Wildman–Crippen MR) is 88.9 cm³/mol. The second-order valence-corrected chi connectivity index (χ2v) is 6.46. The zero-order valence-corrected chi connectivity index (χ0v) is 13.6. The van der Waals surface area contributed by atoms with Crippen molar-refractivity contribution in [2.24, 2.45) is 5.73 Å². The molecule has 2 N–H and O–H groups in total. The summed E-state index contributed by atoms with van der Waals surface area (Å²) in [4.78, 5) is 14.6. The Morgan fingerprint density at radius 2 is 2.05 bits per heavy atom. The largest absolute Gasteiger partial charge is 0.326 e. The third kappa shape index (κ3) is 2.84. The van der Waals surface area contributed by atoms with Gasteiger partial charge >= 0.3 is 0 Å². The molecule has 1 heterocycles. The van der Waals surface area contributed by atoms with E-state index in [-0.39, 0.29) is 11.9 Å². The molecule has 108 valence electrons. The van der Waals surface area contributed by atoms with E-state index in [4.69, 9.17) is 17.3 Å². The van der Waals surface area contributed by atoms with E-state index in [1.165, 1.54) is 0 Å². The highest BCUT2D eigenvalue weighted by molar-refractivity contribution is 9.10. The minimum Gasteiger partial charge on any atom is -0.326 e. The molecule has 0 aliphatic carbocycles. The first kappa shape index (κ1) is 14.6. The van der Waals surface area contributed by atoms with E-state index in [0.717, 1.165) is 22.1 Å². The Morgan fingerprint density at radius 1 is 1.29 bits per heavy atom. The number of rotatable bonds is 1. The van der Waals surface area contributed by atoms with Gasteiger partial charge in [0.15, 0.2) is 0 Å². The highest BCUT2D eigenvalue weighted by atomic mass is 79.9. The van der Waals surface area contributed by atoms with Gasteiger partial charge in [-0.05, 0) is 36.2 Å². The Bertz CT molecular complexity index is 704. The molecule has 1 unspecified atom stereocenters. The van der Waals surface area contributed by atoms with E-state index in [1.807, 2.05) is 30.3 Å². The Hall–Kier alpha value is -1.36. The lowest BCUT2D eigenvalue weighted by atomic mass is 9.97. The molecule has 0 spiro atoms. The second-order valence-electron chi connectivity index (χ2n) is 5.13. The summed E-state index contributed by atoms with van der Waals surface area (Å²) >= 11 is 9.55. The van der Waals surface area contributed by atoms with Crippen molar-refractivity contribution in [2.45, 2.75) is 12.5 Å². The number of anilines is 1. The van der Waals surface area contributed by atoms with Crippen LogP contribution < -0.4 is 10.6 Å². The molecular weight excluding hydrogens is 352 g/mol. The molecule has 1 atom stereocenters. The quantitative estimate of drug-likeness (QED) is 0.839. The van der Waals surface area contributed by atoms with Gasteiger partial charge in [0.25, 0.3) is 5.91 Å². The molecule has 2 aromatic rings. The number of nitrogens with two attached hydrogens (primary N) is 1. The van der Waals surface area contributed by atoms with Gasteiger partial charge in [-0.25, -0.2) is 0 Å². The Balaban J connectivity index is 2.04. The van der Waals surface area contributed by atoms with Gasteiger partial charge in [-0.3, -0.25) is 4.79 Å². The summed E-state index contributed by atoms with van der Waals surface area (Å²) in [5.74, 6) is -0.121. The average Bonchev–Trinajstić information content (AvgIpc) is 2.48. The standard InChI is InChI=1S/C16H14BrClN2O/c17-11-5-6-14(18)13(8-11)16(21)20-9-12(19)7-10-3-1-2-4-15(10)20/h1-6,8,12H,7,9,19H2. The van der Waals surface area contributed by atoms with Gasteiger partial charge < -0.3 is 10.6 Å². The van der Waals surface area contributed by atoms with Gasteiger partial charge in [-0.15, -0.1) is 0 Å². The van der Waals surface area contributed by atoms with Crippen LogP contribution in [0.3, 0.4) is 0 Å². The molecule has 0 saturated carbocycles. The monoisotopic (exact) mass is 364 g/mol. The fourth-order valence-electron chi connectivity index (χ4n) is 2.63. The number of para-hydroxylation sites is 1. The number of carbonyl (C=O) groups excluding carboxylic acids is 1. The molecule has 0 fully saturated rings. The number of amides is 1. The van der Waals surface area contributed by atoms with Crippen LogP contribution in [0.15, 0.2) is 46.9 Å². The summed E-state index contributed by atoms with van der Waals surface area (Å²) in [6.07, 6.45) is 0.784. The maximum atomic E-state index is 12.8. The number of benzene rings is 2. The van der Waals surface area contributed by atoms with Gasteiger partial charge in [-0.1, -0.05) is 45.7 Å². The molecule has 0 bridgehead atoms. The normalized spacial score (nSPS) is 17.5. The van der Waals surface area contributed by atoms with Crippen molar-refractivity contribution in [1.82, 2.24) is 0 Å². The second kappa shape index (κ2) is 5.79.